The molecule has 1 atom stereocenters. The Morgan fingerprint density at radius 1 is 1.06 bits per heavy atom. The maximum Gasteiger partial charge on any atom is 0.253 e. The lowest BCUT2D eigenvalue weighted by Crippen LogP contribution is -2.44. The summed E-state index contributed by atoms with van der Waals surface area (Å²) in [5.41, 5.74) is 2.35. The molecule has 0 aliphatic rings. The fourth-order valence-electron chi connectivity index (χ4n) is 2.86. The molecule has 0 aliphatic carbocycles. The molecule has 1 aromatic heterocycles. The van der Waals surface area contributed by atoms with E-state index >= 15 is 0 Å². The molecule has 0 saturated heterocycles. The Morgan fingerprint density at radius 2 is 1.88 bits per heavy atom. The van der Waals surface area contributed by atoms with Crippen LogP contribution in [0.4, 0.5) is 5.69 Å². The van der Waals surface area contributed by atoms with Crippen molar-refractivity contribution in [1.82, 2.24) is 10.3 Å². The molecule has 1 heterocycles. The molecule has 0 bridgehead atoms. The van der Waals surface area contributed by atoms with E-state index in [-0.39, 0.29) is 11.8 Å². The first kappa shape index (κ1) is 23.4. The van der Waals surface area contributed by atoms with E-state index in [9.17, 15) is 9.59 Å². The highest BCUT2D eigenvalue weighted by Gasteiger charge is 2.22. The van der Waals surface area contributed by atoms with Crippen LogP contribution in [0.15, 0.2) is 72.9 Å². The number of hydrogen-bond donors (Lipinski definition) is 2. The number of pyridine rings is 1. The van der Waals surface area contributed by atoms with Crippen molar-refractivity contribution in [1.29, 1.82) is 0 Å². The number of rotatable bonds is 7. The number of halogens is 1. The van der Waals surface area contributed by atoms with Crippen molar-refractivity contribution in [3.63, 3.8) is 0 Å². The van der Waals surface area contributed by atoms with Gasteiger partial charge in [0.25, 0.3) is 5.91 Å². The van der Waals surface area contributed by atoms with Gasteiger partial charge in [-0.15, -0.1) is 0 Å². The zero-order valence-electron chi connectivity index (χ0n) is 17.5. The summed E-state index contributed by atoms with van der Waals surface area (Å²) in [6.07, 6.45) is 4.13. The van der Waals surface area contributed by atoms with Crippen molar-refractivity contribution >= 4 is 40.9 Å². The van der Waals surface area contributed by atoms with Gasteiger partial charge in [0.15, 0.2) is 0 Å². The Kier molecular flexibility index (Phi) is 8.73. The van der Waals surface area contributed by atoms with Crippen molar-refractivity contribution in [3.8, 4) is 11.8 Å². The number of aromatic nitrogens is 1. The summed E-state index contributed by atoms with van der Waals surface area (Å²) in [6, 6.07) is 18.8. The molecule has 162 valence electrons. The van der Waals surface area contributed by atoms with E-state index in [0.717, 1.165) is 11.3 Å². The van der Waals surface area contributed by atoms with Crippen LogP contribution in [-0.4, -0.2) is 34.8 Å². The van der Waals surface area contributed by atoms with E-state index in [1.165, 1.54) is 0 Å². The van der Waals surface area contributed by atoms with Crippen molar-refractivity contribution in [2.45, 2.75) is 12.5 Å². The highest BCUT2D eigenvalue weighted by atomic mass is 35.5. The van der Waals surface area contributed by atoms with Crippen LogP contribution in [0, 0.1) is 11.8 Å². The van der Waals surface area contributed by atoms with Crippen molar-refractivity contribution in [2.24, 2.45) is 0 Å². The normalized spacial score (nSPS) is 11.1. The minimum Gasteiger partial charge on any atom is -0.340 e. The number of nitrogens with one attached hydrogen (secondary N) is 2. The lowest BCUT2D eigenvalue weighted by atomic mass is 10.1. The average molecular weight is 464 g/mol. The number of hydrogen-bond acceptors (Lipinski definition) is 4. The Bertz CT molecular complexity index is 1140. The Labute approximate surface area is 197 Å². The summed E-state index contributed by atoms with van der Waals surface area (Å²) >= 11 is 7.73. The van der Waals surface area contributed by atoms with Gasteiger partial charge < -0.3 is 10.6 Å². The molecule has 0 fully saturated rings. The van der Waals surface area contributed by atoms with E-state index in [1.807, 2.05) is 36.6 Å². The second-order valence-electron chi connectivity index (χ2n) is 6.82. The van der Waals surface area contributed by atoms with Crippen LogP contribution < -0.4 is 10.6 Å². The van der Waals surface area contributed by atoms with Gasteiger partial charge in [-0.25, -0.2) is 4.98 Å². The van der Waals surface area contributed by atoms with Gasteiger partial charge in [-0.1, -0.05) is 41.8 Å². The summed E-state index contributed by atoms with van der Waals surface area (Å²) in [5.74, 6) is 6.08. The summed E-state index contributed by atoms with van der Waals surface area (Å²) in [7, 11) is 0. The zero-order valence-corrected chi connectivity index (χ0v) is 19.0. The molecule has 2 aromatic carbocycles. The highest BCUT2D eigenvalue weighted by Crippen LogP contribution is 2.16. The van der Waals surface area contributed by atoms with Crippen LogP contribution in [0.1, 0.15) is 28.0 Å². The van der Waals surface area contributed by atoms with Gasteiger partial charge in [0.1, 0.15) is 11.7 Å². The third kappa shape index (κ3) is 6.88. The summed E-state index contributed by atoms with van der Waals surface area (Å²) < 4.78 is 0. The first-order valence-electron chi connectivity index (χ1n) is 9.95. The third-order valence-electron chi connectivity index (χ3n) is 4.48. The quantitative estimate of drug-likeness (QED) is 0.501. The maximum atomic E-state index is 12.9. The average Bonchev–Trinajstić information content (AvgIpc) is 2.81. The van der Waals surface area contributed by atoms with E-state index in [2.05, 4.69) is 27.5 Å². The molecule has 2 N–H and O–H groups in total. The predicted molar refractivity (Wildman–Crippen MR) is 131 cm³/mol. The van der Waals surface area contributed by atoms with E-state index < -0.39 is 6.04 Å². The number of benzene rings is 2. The molecule has 0 spiro atoms. The molecule has 7 heteroatoms. The van der Waals surface area contributed by atoms with Gasteiger partial charge in [0.05, 0.1) is 10.6 Å². The predicted octanol–water partition coefficient (Wildman–Crippen LogP) is 4.63. The standard InChI is InChI=1S/C25H22ClN3O2S/c1-32-16-14-23(29-24(30)21-10-2-3-11-22(21)26)25(31)28-20-9-6-7-18(17-20)12-13-19-8-4-5-15-27-19/h2-11,15,17,23H,14,16H2,1H3,(H,28,31)(H,29,30). The summed E-state index contributed by atoms with van der Waals surface area (Å²) in [5, 5.41) is 6.03. The van der Waals surface area contributed by atoms with Gasteiger partial charge >= 0.3 is 0 Å². The van der Waals surface area contributed by atoms with Crippen molar-refractivity contribution in [2.75, 3.05) is 17.3 Å². The lowest BCUT2D eigenvalue weighted by molar-refractivity contribution is -0.118. The molecule has 1 unspecified atom stereocenters. The van der Waals surface area contributed by atoms with E-state index in [1.54, 1.807) is 54.4 Å². The largest absolute Gasteiger partial charge is 0.340 e. The molecule has 0 aliphatic heterocycles. The summed E-state index contributed by atoms with van der Waals surface area (Å²) in [6.45, 7) is 0. The number of carbonyl (C=O) groups excluding carboxylic acids is 2. The minimum atomic E-state index is -0.700. The van der Waals surface area contributed by atoms with Gasteiger partial charge in [0, 0.05) is 17.4 Å². The van der Waals surface area contributed by atoms with Gasteiger partial charge in [-0.3, -0.25) is 9.59 Å². The van der Waals surface area contributed by atoms with Gasteiger partial charge in [0.2, 0.25) is 5.91 Å². The molecule has 0 radical (unpaired) electrons. The Balaban J connectivity index is 1.71. The fraction of sp³-hybridized carbons (Fsp3) is 0.160. The number of thioether (sulfide) groups is 1. The Hall–Kier alpha value is -3.27. The molecule has 5 nitrogen and oxygen atoms in total. The minimum absolute atomic E-state index is 0.297. The maximum absolute atomic E-state index is 12.9. The fourth-order valence-corrected chi connectivity index (χ4v) is 3.56. The molecule has 32 heavy (non-hydrogen) atoms. The molecule has 3 rings (SSSR count). The smallest absolute Gasteiger partial charge is 0.253 e. The summed E-state index contributed by atoms with van der Waals surface area (Å²) in [4.78, 5) is 29.8. The van der Waals surface area contributed by atoms with E-state index in [0.29, 0.717) is 28.4 Å². The van der Waals surface area contributed by atoms with Gasteiger partial charge in [-0.2, -0.15) is 11.8 Å². The molecule has 2 amide bonds. The second-order valence-corrected chi connectivity index (χ2v) is 8.22. The first-order chi connectivity index (χ1) is 15.6. The number of carbonyl (C=O) groups is 2. The van der Waals surface area contributed by atoms with Crippen LogP contribution in [0.5, 0.6) is 0 Å². The van der Waals surface area contributed by atoms with Crippen LogP contribution in [0.2, 0.25) is 5.02 Å². The van der Waals surface area contributed by atoms with E-state index in [4.69, 9.17) is 11.6 Å². The zero-order chi connectivity index (χ0) is 22.8. The van der Waals surface area contributed by atoms with Crippen molar-refractivity contribution < 1.29 is 9.59 Å². The number of amides is 2. The lowest BCUT2D eigenvalue weighted by Gasteiger charge is -2.18. The topological polar surface area (TPSA) is 71.1 Å². The van der Waals surface area contributed by atoms with Crippen LogP contribution in [0.25, 0.3) is 0 Å². The molecule has 3 aromatic rings. The molecule has 0 saturated carbocycles. The van der Waals surface area contributed by atoms with Gasteiger partial charge in [-0.05, 0) is 66.8 Å². The SMILES string of the molecule is CSCCC(NC(=O)c1ccccc1Cl)C(=O)Nc1cccc(C#Cc2ccccn2)c1. The number of nitrogens with zero attached hydrogens (tertiary/aromatic N) is 1. The first-order valence-corrected chi connectivity index (χ1v) is 11.7. The van der Waals surface area contributed by atoms with Crippen LogP contribution >= 0.6 is 23.4 Å². The van der Waals surface area contributed by atoms with Crippen molar-refractivity contribution in [3.05, 3.63) is 94.8 Å². The molecular formula is C25H22ClN3O2S. The monoisotopic (exact) mass is 463 g/mol. The second kappa shape index (κ2) is 11.9. The number of anilines is 1. The van der Waals surface area contributed by atoms with Crippen LogP contribution in [-0.2, 0) is 4.79 Å². The highest BCUT2D eigenvalue weighted by molar-refractivity contribution is 7.98. The van der Waals surface area contributed by atoms with Crippen LogP contribution in [0.3, 0.4) is 0 Å². The molecular weight excluding hydrogens is 442 g/mol. The third-order valence-corrected chi connectivity index (χ3v) is 5.45. The Morgan fingerprint density at radius 3 is 2.62 bits per heavy atom.